The summed E-state index contributed by atoms with van der Waals surface area (Å²) in [6.07, 6.45) is 3.67. The molecule has 1 aliphatic rings. The predicted molar refractivity (Wildman–Crippen MR) is 101 cm³/mol. The van der Waals surface area contributed by atoms with Crippen LogP contribution >= 0.6 is 12.4 Å². The maximum Gasteiger partial charge on any atom is 0.230 e. The lowest BCUT2D eigenvalue weighted by atomic mass is 9.80. The lowest BCUT2D eigenvalue weighted by molar-refractivity contribution is -0.143. The Bertz CT molecular complexity index is 498. The molecule has 0 aromatic heterocycles. The molecule has 1 saturated heterocycles. The molecule has 5 heteroatoms. The van der Waals surface area contributed by atoms with Gasteiger partial charge in [0.1, 0.15) is 5.75 Å². The standard InChI is InChI=1S/C19H30N2O2.ClH/c1-4-19(5-2,14-20)18(22)21-12-10-16(11-13-21)15-6-8-17(23-3)9-7-15;/h6-9,16H,4-5,10-14,20H2,1-3H3;1H. The molecule has 24 heavy (non-hydrogen) atoms. The summed E-state index contributed by atoms with van der Waals surface area (Å²) in [5.41, 5.74) is 6.90. The van der Waals surface area contributed by atoms with Crippen molar-refractivity contribution in [3.8, 4) is 5.75 Å². The number of carbonyl (C=O) groups excluding carboxylic acids is 1. The van der Waals surface area contributed by atoms with Crippen LogP contribution in [-0.4, -0.2) is 37.6 Å². The molecule has 0 saturated carbocycles. The van der Waals surface area contributed by atoms with Gasteiger partial charge in [0, 0.05) is 19.6 Å². The predicted octanol–water partition coefficient (Wildman–Crippen LogP) is 3.59. The van der Waals surface area contributed by atoms with Crippen molar-refractivity contribution < 1.29 is 9.53 Å². The molecule has 1 fully saturated rings. The van der Waals surface area contributed by atoms with Gasteiger partial charge in [-0.2, -0.15) is 0 Å². The number of rotatable bonds is 6. The number of piperidine rings is 1. The van der Waals surface area contributed by atoms with E-state index in [9.17, 15) is 4.79 Å². The number of carbonyl (C=O) groups is 1. The number of nitrogens with two attached hydrogens (primary N) is 1. The van der Waals surface area contributed by atoms with Gasteiger partial charge in [0.05, 0.1) is 12.5 Å². The minimum Gasteiger partial charge on any atom is -0.497 e. The van der Waals surface area contributed by atoms with E-state index in [0.717, 1.165) is 44.5 Å². The highest BCUT2D eigenvalue weighted by Gasteiger charge is 2.38. The highest BCUT2D eigenvalue weighted by atomic mass is 35.5. The van der Waals surface area contributed by atoms with Gasteiger partial charge in [-0.1, -0.05) is 26.0 Å². The Morgan fingerprint density at radius 2 is 1.75 bits per heavy atom. The van der Waals surface area contributed by atoms with Gasteiger partial charge < -0.3 is 15.4 Å². The Morgan fingerprint density at radius 3 is 2.17 bits per heavy atom. The maximum atomic E-state index is 12.9. The number of likely N-dealkylation sites (tertiary alicyclic amines) is 1. The molecule has 2 rings (SSSR count). The van der Waals surface area contributed by atoms with E-state index >= 15 is 0 Å². The summed E-state index contributed by atoms with van der Waals surface area (Å²) in [5.74, 6) is 1.67. The van der Waals surface area contributed by atoms with Crippen LogP contribution in [-0.2, 0) is 4.79 Å². The summed E-state index contributed by atoms with van der Waals surface area (Å²) in [6.45, 7) is 6.24. The number of hydrogen-bond acceptors (Lipinski definition) is 3. The molecule has 0 radical (unpaired) electrons. The van der Waals surface area contributed by atoms with Crippen molar-refractivity contribution in [2.45, 2.75) is 45.4 Å². The van der Waals surface area contributed by atoms with Crippen LogP contribution in [0, 0.1) is 5.41 Å². The van der Waals surface area contributed by atoms with Gasteiger partial charge in [-0.3, -0.25) is 4.79 Å². The highest BCUT2D eigenvalue weighted by Crippen LogP contribution is 2.33. The number of methoxy groups -OCH3 is 1. The summed E-state index contributed by atoms with van der Waals surface area (Å²) in [6, 6.07) is 8.31. The zero-order chi connectivity index (χ0) is 16.9. The van der Waals surface area contributed by atoms with Crippen molar-refractivity contribution in [2.75, 3.05) is 26.7 Å². The first-order chi connectivity index (χ1) is 11.1. The third-order valence-corrected chi connectivity index (χ3v) is 5.57. The van der Waals surface area contributed by atoms with Crippen LogP contribution < -0.4 is 10.5 Å². The summed E-state index contributed by atoms with van der Waals surface area (Å²) in [7, 11) is 1.68. The Balaban J connectivity index is 0.00000288. The van der Waals surface area contributed by atoms with E-state index in [1.807, 2.05) is 17.0 Å². The molecule has 136 valence electrons. The van der Waals surface area contributed by atoms with Crippen molar-refractivity contribution in [1.82, 2.24) is 4.90 Å². The third-order valence-electron chi connectivity index (χ3n) is 5.57. The fourth-order valence-electron chi connectivity index (χ4n) is 3.56. The molecule has 0 unspecified atom stereocenters. The fourth-order valence-corrected chi connectivity index (χ4v) is 3.56. The Labute approximate surface area is 152 Å². The molecule has 1 aromatic rings. The van der Waals surface area contributed by atoms with Gasteiger partial charge >= 0.3 is 0 Å². The van der Waals surface area contributed by atoms with Gasteiger partial charge in [-0.25, -0.2) is 0 Å². The summed E-state index contributed by atoms with van der Waals surface area (Å²) in [5, 5.41) is 0. The molecule has 1 heterocycles. The zero-order valence-electron chi connectivity index (χ0n) is 15.1. The zero-order valence-corrected chi connectivity index (χ0v) is 15.9. The monoisotopic (exact) mass is 354 g/mol. The number of nitrogens with zero attached hydrogens (tertiary/aromatic N) is 1. The van der Waals surface area contributed by atoms with E-state index < -0.39 is 0 Å². The van der Waals surface area contributed by atoms with Crippen LogP contribution in [0.4, 0.5) is 0 Å². The van der Waals surface area contributed by atoms with Crippen LogP contribution in [0.2, 0.25) is 0 Å². The average molecular weight is 355 g/mol. The van der Waals surface area contributed by atoms with E-state index in [4.69, 9.17) is 10.5 Å². The van der Waals surface area contributed by atoms with Crippen molar-refractivity contribution >= 4 is 18.3 Å². The largest absolute Gasteiger partial charge is 0.497 e. The van der Waals surface area contributed by atoms with Crippen molar-refractivity contribution in [3.63, 3.8) is 0 Å². The van der Waals surface area contributed by atoms with E-state index in [1.54, 1.807) is 7.11 Å². The van der Waals surface area contributed by atoms with E-state index in [1.165, 1.54) is 5.56 Å². The summed E-state index contributed by atoms with van der Waals surface area (Å²) >= 11 is 0. The Hall–Kier alpha value is -1.26. The fraction of sp³-hybridized carbons (Fsp3) is 0.632. The van der Waals surface area contributed by atoms with Crippen LogP contribution in [0.25, 0.3) is 0 Å². The van der Waals surface area contributed by atoms with Gasteiger partial charge in [-0.05, 0) is 49.3 Å². The SMILES string of the molecule is CCC(CC)(CN)C(=O)N1CCC(c2ccc(OC)cc2)CC1.Cl. The molecule has 0 spiro atoms. The number of halogens is 1. The quantitative estimate of drug-likeness (QED) is 0.849. The average Bonchev–Trinajstić information content (AvgIpc) is 2.64. The lowest BCUT2D eigenvalue weighted by Gasteiger charge is -2.39. The lowest BCUT2D eigenvalue weighted by Crippen LogP contribution is -2.49. The Kier molecular flexibility index (Phi) is 8.04. The summed E-state index contributed by atoms with van der Waals surface area (Å²) in [4.78, 5) is 14.9. The first kappa shape index (κ1) is 20.8. The van der Waals surface area contributed by atoms with Crippen LogP contribution in [0.3, 0.4) is 0 Å². The topological polar surface area (TPSA) is 55.6 Å². The van der Waals surface area contributed by atoms with Crippen molar-refractivity contribution in [3.05, 3.63) is 29.8 Å². The van der Waals surface area contributed by atoms with Crippen LogP contribution in [0.15, 0.2) is 24.3 Å². The minimum absolute atomic E-state index is 0. The number of ether oxygens (including phenoxy) is 1. The van der Waals surface area contributed by atoms with Crippen LogP contribution in [0.5, 0.6) is 5.75 Å². The van der Waals surface area contributed by atoms with Gasteiger partial charge in [0.25, 0.3) is 0 Å². The number of amides is 1. The second kappa shape index (κ2) is 9.28. The van der Waals surface area contributed by atoms with Crippen molar-refractivity contribution in [1.29, 1.82) is 0 Å². The molecule has 0 aliphatic carbocycles. The highest BCUT2D eigenvalue weighted by molar-refractivity contribution is 5.85. The Morgan fingerprint density at radius 1 is 1.21 bits per heavy atom. The van der Waals surface area contributed by atoms with Crippen molar-refractivity contribution in [2.24, 2.45) is 11.1 Å². The van der Waals surface area contributed by atoms with Gasteiger partial charge in [0.2, 0.25) is 5.91 Å². The van der Waals surface area contributed by atoms with E-state index in [2.05, 4.69) is 26.0 Å². The third kappa shape index (κ3) is 4.22. The maximum absolute atomic E-state index is 12.9. The van der Waals surface area contributed by atoms with Crippen LogP contribution in [0.1, 0.15) is 51.0 Å². The minimum atomic E-state index is -0.368. The molecule has 0 atom stereocenters. The molecule has 1 aliphatic heterocycles. The molecule has 2 N–H and O–H groups in total. The van der Waals surface area contributed by atoms with Gasteiger partial charge in [-0.15, -0.1) is 12.4 Å². The molecular weight excluding hydrogens is 324 g/mol. The molecule has 0 bridgehead atoms. The number of benzene rings is 1. The molecular formula is C19H31ClN2O2. The first-order valence-corrected chi connectivity index (χ1v) is 8.73. The number of hydrogen-bond donors (Lipinski definition) is 1. The smallest absolute Gasteiger partial charge is 0.230 e. The summed E-state index contributed by atoms with van der Waals surface area (Å²) < 4.78 is 5.21. The second-order valence-electron chi connectivity index (χ2n) is 6.53. The second-order valence-corrected chi connectivity index (χ2v) is 6.53. The molecule has 4 nitrogen and oxygen atoms in total. The first-order valence-electron chi connectivity index (χ1n) is 8.73. The normalized spacial score (nSPS) is 15.8. The van der Waals surface area contributed by atoms with E-state index in [0.29, 0.717) is 12.5 Å². The van der Waals surface area contributed by atoms with E-state index in [-0.39, 0.29) is 23.7 Å². The van der Waals surface area contributed by atoms with Gasteiger partial charge in [0.15, 0.2) is 0 Å². The molecule has 1 amide bonds. The molecule has 1 aromatic carbocycles.